The fraction of sp³-hybridized carbons (Fsp3) is 0.316. The van der Waals surface area contributed by atoms with Gasteiger partial charge < -0.3 is 5.32 Å². The van der Waals surface area contributed by atoms with Crippen LogP contribution < -0.4 is 5.32 Å². The predicted molar refractivity (Wildman–Crippen MR) is 91.6 cm³/mol. The minimum Gasteiger partial charge on any atom is -0.316 e. The van der Waals surface area contributed by atoms with Crippen LogP contribution in [-0.4, -0.2) is 18.0 Å². The van der Waals surface area contributed by atoms with Crippen molar-refractivity contribution in [3.8, 4) is 6.07 Å². The van der Waals surface area contributed by atoms with E-state index >= 15 is 0 Å². The van der Waals surface area contributed by atoms with Gasteiger partial charge in [-0.05, 0) is 36.1 Å². The summed E-state index contributed by atoms with van der Waals surface area (Å²) in [6.45, 7) is 1.31. The van der Waals surface area contributed by atoms with Crippen molar-refractivity contribution in [2.45, 2.75) is 18.3 Å². The molecule has 3 unspecified atom stereocenters. The largest absolute Gasteiger partial charge is 0.316 e. The molecule has 5 nitrogen and oxygen atoms in total. The second-order valence-corrected chi connectivity index (χ2v) is 6.24. The van der Waals surface area contributed by atoms with Gasteiger partial charge in [0.2, 0.25) is 0 Å². The molecule has 0 saturated carbocycles. The Balaban J connectivity index is 1.96. The fourth-order valence-corrected chi connectivity index (χ4v) is 3.63. The van der Waals surface area contributed by atoms with Gasteiger partial charge in [-0.1, -0.05) is 30.3 Å². The van der Waals surface area contributed by atoms with Gasteiger partial charge in [-0.2, -0.15) is 5.26 Å². The highest BCUT2D eigenvalue weighted by atomic mass is 19.1. The van der Waals surface area contributed by atoms with Crippen LogP contribution in [0.5, 0.6) is 0 Å². The van der Waals surface area contributed by atoms with E-state index < -0.39 is 10.7 Å². The van der Waals surface area contributed by atoms with Crippen molar-refractivity contribution in [1.29, 1.82) is 5.26 Å². The highest BCUT2D eigenvalue weighted by Crippen LogP contribution is 2.40. The molecule has 0 bridgehead atoms. The first-order valence-electron chi connectivity index (χ1n) is 8.21. The molecule has 3 rings (SSSR count). The van der Waals surface area contributed by atoms with Gasteiger partial charge in [-0.25, -0.2) is 4.39 Å². The van der Waals surface area contributed by atoms with Crippen molar-refractivity contribution >= 4 is 5.69 Å². The summed E-state index contributed by atoms with van der Waals surface area (Å²) in [5, 5.41) is 23.8. The summed E-state index contributed by atoms with van der Waals surface area (Å²) in [7, 11) is 0. The van der Waals surface area contributed by atoms with Gasteiger partial charge in [0.15, 0.2) is 0 Å². The number of benzene rings is 2. The highest BCUT2D eigenvalue weighted by Gasteiger charge is 2.35. The molecule has 25 heavy (non-hydrogen) atoms. The molecule has 0 amide bonds. The van der Waals surface area contributed by atoms with Crippen LogP contribution in [0.2, 0.25) is 0 Å². The second kappa shape index (κ2) is 7.41. The quantitative estimate of drug-likeness (QED) is 0.680. The van der Waals surface area contributed by atoms with E-state index in [-0.39, 0.29) is 23.4 Å². The average Bonchev–Trinajstić information content (AvgIpc) is 2.64. The summed E-state index contributed by atoms with van der Waals surface area (Å²) in [4.78, 5) is 10.2. The van der Waals surface area contributed by atoms with Gasteiger partial charge in [0.25, 0.3) is 5.69 Å². The average molecular weight is 339 g/mol. The normalized spacial score (nSPS) is 21.3. The minimum atomic E-state index is -0.606. The maximum absolute atomic E-state index is 14.5. The molecule has 128 valence electrons. The summed E-state index contributed by atoms with van der Waals surface area (Å²) in [5.74, 6) is -1.19. The Kier molecular flexibility index (Phi) is 5.05. The number of nitrogens with zero attached hydrogens (tertiary/aromatic N) is 2. The maximum Gasteiger partial charge on any atom is 0.272 e. The number of nitrogens with one attached hydrogen (secondary N) is 1. The summed E-state index contributed by atoms with van der Waals surface area (Å²) in [5.41, 5.74) is 1.09. The number of hydrogen-bond acceptors (Lipinski definition) is 4. The van der Waals surface area contributed by atoms with Crippen LogP contribution in [0.1, 0.15) is 29.4 Å². The molecular formula is C19H18FN3O2. The Morgan fingerprint density at radius 3 is 2.68 bits per heavy atom. The lowest BCUT2D eigenvalue weighted by atomic mass is 9.72. The van der Waals surface area contributed by atoms with Crippen LogP contribution in [0.25, 0.3) is 0 Å². The number of rotatable bonds is 4. The zero-order chi connectivity index (χ0) is 17.8. The lowest BCUT2D eigenvalue weighted by Crippen LogP contribution is -2.38. The third-order valence-corrected chi connectivity index (χ3v) is 4.86. The topological polar surface area (TPSA) is 79.0 Å². The van der Waals surface area contributed by atoms with Crippen molar-refractivity contribution in [3.05, 3.63) is 75.6 Å². The Bertz CT molecular complexity index is 804. The van der Waals surface area contributed by atoms with E-state index in [9.17, 15) is 19.8 Å². The molecule has 0 aliphatic carbocycles. The summed E-state index contributed by atoms with van der Waals surface area (Å²) >= 11 is 0. The Hall–Kier alpha value is -2.78. The first-order chi connectivity index (χ1) is 12.1. The van der Waals surface area contributed by atoms with Crippen LogP contribution >= 0.6 is 0 Å². The van der Waals surface area contributed by atoms with Gasteiger partial charge in [-0.15, -0.1) is 0 Å². The molecule has 0 spiro atoms. The number of halogens is 1. The van der Waals surface area contributed by atoms with E-state index in [4.69, 9.17) is 0 Å². The smallest absolute Gasteiger partial charge is 0.272 e. The van der Waals surface area contributed by atoms with Crippen molar-refractivity contribution in [1.82, 2.24) is 5.32 Å². The third-order valence-electron chi connectivity index (χ3n) is 4.86. The summed E-state index contributed by atoms with van der Waals surface area (Å²) in [6, 6.07) is 15.7. The van der Waals surface area contributed by atoms with Gasteiger partial charge >= 0.3 is 0 Å². The number of hydrogen-bond donors (Lipinski definition) is 1. The van der Waals surface area contributed by atoms with Crippen LogP contribution in [0.3, 0.4) is 0 Å². The van der Waals surface area contributed by atoms with Gasteiger partial charge in [0, 0.05) is 18.5 Å². The molecule has 1 fully saturated rings. The van der Waals surface area contributed by atoms with Crippen LogP contribution in [-0.2, 0) is 0 Å². The van der Waals surface area contributed by atoms with E-state index in [1.54, 1.807) is 0 Å². The minimum absolute atomic E-state index is 0.0513. The first-order valence-corrected chi connectivity index (χ1v) is 8.21. The number of nitro groups is 1. The molecule has 1 N–H and O–H groups in total. The molecule has 1 aliphatic heterocycles. The zero-order valence-corrected chi connectivity index (χ0v) is 13.6. The van der Waals surface area contributed by atoms with Crippen LogP contribution in [0.4, 0.5) is 10.1 Å². The Morgan fingerprint density at radius 1 is 1.28 bits per heavy atom. The summed E-state index contributed by atoms with van der Waals surface area (Å²) < 4.78 is 14.5. The lowest BCUT2D eigenvalue weighted by molar-refractivity contribution is -0.385. The number of nitro benzene ring substituents is 1. The Labute approximate surface area is 145 Å². The molecule has 2 aromatic carbocycles. The van der Waals surface area contributed by atoms with Gasteiger partial charge in [0.05, 0.1) is 23.0 Å². The molecule has 1 saturated heterocycles. The summed E-state index contributed by atoms with van der Waals surface area (Å²) in [6.07, 6.45) is 0.744. The molecule has 1 heterocycles. The van der Waals surface area contributed by atoms with Crippen molar-refractivity contribution < 1.29 is 9.31 Å². The monoisotopic (exact) mass is 339 g/mol. The predicted octanol–water partition coefficient (Wildman–Crippen LogP) is 3.73. The number of piperidine rings is 1. The van der Waals surface area contributed by atoms with Crippen molar-refractivity contribution in [3.63, 3.8) is 0 Å². The standard InChI is InChI=1S/C19H18FN3O2/c20-19-10-14(23(24)25)6-7-16(19)18-12-22-9-8-15(18)17(11-21)13-4-2-1-3-5-13/h1-7,10,15,17-18,22H,8-9,12H2. The van der Waals surface area contributed by atoms with E-state index in [1.807, 2.05) is 30.3 Å². The number of non-ortho nitro benzene ring substituents is 1. The van der Waals surface area contributed by atoms with Crippen LogP contribution in [0, 0.1) is 33.2 Å². The maximum atomic E-state index is 14.5. The molecule has 6 heteroatoms. The van der Waals surface area contributed by atoms with Gasteiger partial charge in [0.1, 0.15) is 5.82 Å². The molecule has 0 radical (unpaired) electrons. The van der Waals surface area contributed by atoms with E-state index in [1.165, 1.54) is 12.1 Å². The molecular weight excluding hydrogens is 321 g/mol. The van der Waals surface area contributed by atoms with E-state index in [2.05, 4.69) is 11.4 Å². The van der Waals surface area contributed by atoms with Crippen molar-refractivity contribution in [2.24, 2.45) is 5.92 Å². The Morgan fingerprint density at radius 2 is 2.04 bits per heavy atom. The van der Waals surface area contributed by atoms with E-state index in [0.29, 0.717) is 12.1 Å². The molecule has 1 aliphatic rings. The molecule has 2 aromatic rings. The SMILES string of the molecule is N#CC(c1ccccc1)C1CCNCC1c1ccc([N+](=O)[O-])cc1F. The highest BCUT2D eigenvalue weighted by molar-refractivity contribution is 5.38. The van der Waals surface area contributed by atoms with Gasteiger partial charge in [-0.3, -0.25) is 10.1 Å². The van der Waals surface area contributed by atoms with E-state index in [0.717, 1.165) is 24.6 Å². The van der Waals surface area contributed by atoms with Crippen LogP contribution in [0.15, 0.2) is 48.5 Å². The molecule has 0 aromatic heterocycles. The molecule has 3 atom stereocenters. The first kappa shape index (κ1) is 17.1. The second-order valence-electron chi connectivity index (χ2n) is 6.24. The fourth-order valence-electron chi connectivity index (χ4n) is 3.63. The number of nitriles is 1. The van der Waals surface area contributed by atoms with Crippen molar-refractivity contribution in [2.75, 3.05) is 13.1 Å². The lowest BCUT2D eigenvalue weighted by Gasteiger charge is -2.35. The third kappa shape index (κ3) is 3.52. The zero-order valence-electron chi connectivity index (χ0n) is 13.6.